The topological polar surface area (TPSA) is 89.0 Å². The van der Waals surface area contributed by atoms with Gasteiger partial charge in [0.1, 0.15) is 17.4 Å². The van der Waals surface area contributed by atoms with E-state index in [9.17, 15) is 23.5 Å². The first-order chi connectivity index (χ1) is 16.4. The van der Waals surface area contributed by atoms with E-state index >= 15 is 0 Å². The van der Waals surface area contributed by atoms with Gasteiger partial charge in [-0.2, -0.15) is 0 Å². The van der Waals surface area contributed by atoms with Gasteiger partial charge in [-0.3, -0.25) is 19.5 Å². The number of anilines is 1. The number of Topliss-reactive ketones (excluding diaryl/α,β-unsaturated/α-hetero) is 1. The largest absolute Gasteiger partial charge is 0.507 e. The first kappa shape index (κ1) is 22.9. The summed E-state index contributed by atoms with van der Waals surface area (Å²) in [6.45, 7) is 2.08. The van der Waals surface area contributed by atoms with Crippen LogP contribution in [0.25, 0.3) is 5.76 Å². The molecule has 0 saturated carbocycles. The number of ketones is 1. The lowest BCUT2D eigenvalue weighted by Crippen LogP contribution is -2.30. The Kier molecular flexibility index (Phi) is 6.27. The number of methoxy groups -OCH3 is 1. The van der Waals surface area contributed by atoms with E-state index in [4.69, 9.17) is 9.47 Å². The fourth-order valence-electron chi connectivity index (χ4n) is 3.87. The Balaban J connectivity index is 1.98. The molecular formula is C25H20F2N2O5. The third-order valence-corrected chi connectivity index (χ3v) is 5.37. The molecule has 1 aliphatic heterocycles. The fraction of sp³-hybridized carbons (Fsp3) is 0.160. The van der Waals surface area contributed by atoms with Crippen LogP contribution in [0.5, 0.6) is 11.5 Å². The van der Waals surface area contributed by atoms with Crippen LogP contribution in [-0.2, 0) is 9.59 Å². The number of aliphatic hydroxyl groups is 1. The summed E-state index contributed by atoms with van der Waals surface area (Å²) < 4.78 is 39.3. The molecule has 2 aromatic carbocycles. The standard InChI is InChI=1S/C25H20F2N2O5/c1-3-34-20-12-15(4-7-19(20)33-2)22-21(23(30)14-8-10-28-11-9-14)24(31)25(32)29(22)18-6-5-16(26)13-17(18)27/h4-13,22,30H,3H2,1-2H3/b23-21+. The summed E-state index contributed by atoms with van der Waals surface area (Å²) in [6.07, 6.45) is 2.83. The van der Waals surface area contributed by atoms with Crippen molar-refractivity contribution in [3.63, 3.8) is 0 Å². The number of aromatic nitrogens is 1. The highest BCUT2D eigenvalue weighted by Crippen LogP contribution is 2.44. The molecule has 0 spiro atoms. The van der Waals surface area contributed by atoms with Crippen LogP contribution in [0.15, 0.2) is 66.5 Å². The van der Waals surface area contributed by atoms with Crippen molar-refractivity contribution in [3.8, 4) is 11.5 Å². The van der Waals surface area contributed by atoms with Crippen molar-refractivity contribution in [2.24, 2.45) is 0 Å². The Morgan fingerprint density at radius 1 is 1.06 bits per heavy atom. The van der Waals surface area contributed by atoms with Crippen molar-refractivity contribution >= 4 is 23.1 Å². The normalized spacial score (nSPS) is 17.2. The number of hydrogen-bond donors (Lipinski definition) is 1. The van der Waals surface area contributed by atoms with Gasteiger partial charge < -0.3 is 14.6 Å². The van der Waals surface area contributed by atoms with Crippen LogP contribution in [0, 0.1) is 11.6 Å². The van der Waals surface area contributed by atoms with Gasteiger partial charge in [-0.1, -0.05) is 6.07 Å². The van der Waals surface area contributed by atoms with E-state index in [1.54, 1.807) is 25.1 Å². The van der Waals surface area contributed by atoms with E-state index in [-0.39, 0.29) is 16.8 Å². The smallest absolute Gasteiger partial charge is 0.300 e. The molecule has 34 heavy (non-hydrogen) atoms. The number of aliphatic hydroxyl groups excluding tert-OH is 1. The molecule has 2 heterocycles. The Morgan fingerprint density at radius 2 is 1.79 bits per heavy atom. The summed E-state index contributed by atoms with van der Waals surface area (Å²) in [5.41, 5.74) is 0.0301. The van der Waals surface area contributed by atoms with E-state index in [0.29, 0.717) is 29.7 Å². The molecule has 1 unspecified atom stereocenters. The lowest BCUT2D eigenvalue weighted by atomic mass is 9.95. The van der Waals surface area contributed by atoms with Crippen LogP contribution in [-0.4, -0.2) is 35.5 Å². The number of benzene rings is 2. The second-order valence-corrected chi connectivity index (χ2v) is 7.34. The number of rotatable bonds is 6. The van der Waals surface area contributed by atoms with Gasteiger partial charge in [-0.05, 0) is 48.9 Å². The van der Waals surface area contributed by atoms with Crippen molar-refractivity contribution < 1.29 is 33.0 Å². The first-order valence-corrected chi connectivity index (χ1v) is 10.3. The predicted molar refractivity (Wildman–Crippen MR) is 120 cm³/mol. The molecule has 1 aromatic heterocycles. The highest BCUT2D eigenvalue weighted by molar-refractivity contribution is 6.51. The van der Waals surface area contributed by atoms with E-state index in [1.165, 1.54) is 31.6 Å². The number of pyridine rings is 1. The first-order valence-electron chi connectivity index (χ1n) is 10.3. The maximum absolute atomic E-state index is 14.8. The van der Waals surface area contributed by atoms with Crippen molar-refractivity contribution in [2.75, 3.05) is 18.6 Å². The zero-order valence-electron chi connectivity index (χ0n) is 18.3. The molecule has 0 radical (unpaired) electrons. The minimum absolute atomic E-state index is 0.246. The molecule has 1 aliphatic rings. The number of halogens is 2. The highest BCUT2D eigenvalue weighted by atomic mass is 19.1. The van der Waals surface area contributed by atoms with Crippen LogP contribution < -0.4 is 14.4 Å². The number of nitrogens with zero attached hydrogens (tertiary/aromatic N) is 2. The Labute approximate surface area is 193 Å². The Hall–Kier alpha value is -4.27. The van der Waals surface area contributed by atoms with E-state index in [0.717, 1.165) is 17.0 Å². The predicted octanol–water partition coefficient (Wildman–Crippen LogP) is 4.39. The molecule has 1 saturated heterocycles. The van der Waals surface area contributed by atoms with Gasteiger partial charge in [0.05, 0.1) is 31.0 Å². The van der Waals surface area contributed by atoms with Crippen LogP contribution in [0.1, 0.15) is 24.1 Å². The number of carbonyl (C=O) groups is 2. The fourth-order valence-corrected chi connectivity index (χ4v) is 3.87. The Morgan fingerprint density at radius 3 is 2.44 bits per heavy atom. The molecule has 9 heteroatoms. The van der Waals surface area contributed by atoms with Crippen molar-refractivity contribution in [1.29, 1.82) is 0 Å². The number of carbonyl (C=O) groups excluding carboxylic acids is 2. The van der Waals surface area contributed by atoms with E-state index in [2.05, 4.69) is 4.98 Å². The summed E-state index contributed by atoms with van der Waals surface area (Å²) in [5, 5.41) is 11.0. The molecule has 1 N–H and O–H groups in total. The van der Waals surface area contributed by atoms with Crippen molar-refractivity contribution in [1.82, 2.24) is 4.98 Å². The number of amides is 1. The number of ether oxygens (including phenoxy) is 2. The van der Waals surface area contributed by atoms with Gasteiger partial charge in [0.25, 0.3) is 11.7 Å². The minimum atomic E-state index is -1.22. The average molecular weight is 466 g/mol. The summed E-state index contributed by atoms with van der Waals surface area (Å²) in [7, 11) is 1.46. The van der Waals surface area contributed by atoms with Crippen molar-refractivity contribution in [3.05, 3.63) is 89.3 Å². The summed E-state index contributed by atoms with van der Waals surface area (Å²) in [4.78, 5) is 31.0. The monoisotopic (exact) mass is 466 g/mol. The SMILES string of the molecule is CCOc1cc(C2/C(=C(\O)c3ccncc3)C(=O)C(=O)N2c2ccc(F)cc2F)ccc1OC. The summed E-state index contributed by atoms with van der Waals surface area (Å²) >= 11 is 0. The maximum atomic E-state index is 14.8. The second kappa shape index (κ2) is 9.30. The molecule has 7 nitrogen and oxygen atoms in total. The molecule has 4 rings (SSSR count). The maximum Gasteiger partial charge on any atom is 0.300 e. The molecule has 1 atom stereocenters. The molecular weight excluding hydrogens is 446 g/mol. The molecule has 3 aromatic rings. The minimum Gasteiger partial charge on any atom is -0.507 e. The van der Waals surface area contributed by atoms with Gasteiger partial charge in [0.15, 0.2) is 11.5 Å². The van der Waals surface area contributed by atoms with Gasteiger partial charge in [0.2, 0.25) is 0 Å². The Bertz CT molecular complexity index is 1290. The zero-order chi connectivity index (χ0) is 24.4. The third kappa shape index (κ3) is 3.96. The lowest BCUT2D eigenvalue weighted by Gasteiger charge is -2.26. The summed E-state index contributed by atoms with van der Waals surface area (Å²) in [6, 6.07) is 9.09. The van der Waals surface area contributed by atoms with Crippen LogP contribution in [0.2, 0.25) is 0 Å². The zero-order valence-corrected chi connectivity index (χ0v) is 18.3. The van der Waals surface area contributed by atoms with Crippen LogP contribution >= 0.6 is 0 Å². The average Bonchev–Trinajstić information content (AvgIpc) is 3.10. The summed E-state index contributed by atoms with van der Waals surface area (Å²) in [5.74, 6) is -3.67. The van der Waals surface area contributed by atoms with Gasteiger partial charge >= 0.3 is 0 Å². The molecule has 0 aliphatic carbocycles. The van der Waals surface area contributed by atoms with Gasteiger partial charge in [0, 0.05) is 24.0 Å². The number of hydrogen-bond acceptors (Lipinski definition) is 6. The highest BCUT2D eigenvalue weighted by Gasteiger charge is 2.48. The van der Waals surface area contributed by atoms with Crippen LogP contribution in [0.4, 0.5) is 14.5 Å². The van der Waals surface area contributed by atoms with Crippen LogP contribution in [0.3, 0.4) is 0 Å². The van der Waals surface area contributed by atoms with E-state index < -0.39 is 35.1 Å². The molecule has 0 bridgehead atoms. The molecule has 174 valence electrons. The molecule has 1 amide bonds. The van der Waals surface area contributed by atoms with E-state index in [1.807, 2.05) is 0 Å². The second-order valence-electron chi connectivity index (χ2n) is 7.34. The van der Waals surface area contributed by atoms with Crippen molar-refractivity contribution in [2.45, 2.75) is 13.0 Å². The molecule has 1 fully saturated rings. The van der Waals surface area contributed by atoms with Gasteiger partial charge in [-0.25, -0.2) is 8.78 Å². The van der Waals surface area contributed by atoms with Gasteiger partial charge in [-0.15, -0.1) is 0 Å². The third-order valence-electron chi connectivity index (χ3n) is 5.37. The lowest BCUT2D eigenvalue weighted by molar-refractivity contribution is -0.132. The quantitative estimate of drug-likeness (QED) is 0.329.